The van der Waals surface area contributed by atoms with Crippen molar-refractivity contribution in [2.75, 3.05) is 0 Å². The Hall–Kier alpha value is -1.28. The van der Waals surface area contributed by atoms with Gasteiger partial charge in [-0.3, -0.25) is 0 Å². The predicted octanol–water partition coefficient (Wildman–Crippen LogP) is 3.46. The van der Waals surface area contributed by atoms with Crippen molar-refractivity contribution in [2.24, 2.45) is 0 Å². The van der Waals surface area contributed by atoms with E-state index in [1.54, 1.807) is 0 Å². The van der Waals surface area contributed by atoms with Gasteiger partial charge in [0.2, 0.25) is 0 Å². The summed E-state index contributed by atoms with van der Waals surface area (Å²) >= 11 is 6.24. The van der Waals surface area contributed by atoms with Gasteiger partial charge in [-0.05, 0) is 18.9 Å². The Labute approximate surface area is 101 Å². The van der Waals surface area contributed by atoms with Crippen LogP contribution in [-0.4, -0.2) is 9.78 Å². The van der Waals surface area contributed by atoms with Gasteiger partial charge in [-0.2, -0.15) is 5.10 Å². The van der Waals surface area contributed by atoms with E-state index in [4.69, 9.17) is 11.6 Å². The maximum absolute atomic E-state index is 6.24. The molecule has 0 N–H and O–H groups in total. The lowest BCUT2D eigenvalue weighted by Gasteiger charge is -2.02. The van der Waals surface area contributed by atoms with Gasteiger partial charge in [0.15, 0.2) is 0 Å². The highest BCUT2D eigenvalue weighted by molar-refractivity contribution is 6.30. The largest absolute Gasteiger partial charge is 0.249 e. The van der Waals surface area contributed by atoms with Crippen molar-refractivity contribution in [3.8, 4) is 0 Å². The number of hydrogen-bond donors (Lipinski definition) is 0. The molecule has 0 unspecified atom stereocenters. The number of halogens is 1. The second-order valence-electron chi connectivity index (χ2n) is 3.86. The minimum atomic E-state index is 0.737. The lowest BCUT2D eigenvalue weighted by atomic mass is 10.2. The van der Waals surface area contributed by atoms with E-state index in [1.165, 1.54) is 5.56 Å². The maximum Gasteiger partial charge on any atom is 0.130 e. The van der Waals surface area contributed by atoms with Crippen LogP contribution in [0.3, 0.4) is 0 Å². The fraction of sp³-hybridized carbons (Fsp3) is 0.308. The van der Waals surface area contributed by atoms with Crippen molar-refractivity contribution in [3.05, 3.63) is 52.3 Å². The van der Waals surface area contributed by atoms with Crippen molar-refractivity contribution in [1.29, 1.82) is 0 Å². The topological polar surface area (TPSA) is 17.8 Å². The molecule has 2 rings (SSSR count). The second kappa shape index (κ2) is 4.71. The van der Waals surface area contributed by atoms with Crippen LogP contribution in [0.25, 0.3) is 0 Å². The van der Waals surface area contributed by atoms with Crippen molar-refractivity contribution >= 4 is 11.6 Å². The normalized spacial score (nSPS) is 10.7. The molecule has 1 heterocycles. The molecule has 0 fully saturated rings. The molecular weight excluding hydrogens is 220 g/mol. The lowest BCUT2D eigenvalue weighted by molar-refractivity contribution is 0.674. The van der Waals surface area contributed by atoms with E-state index < -0.39 is 0 Å². The molecule has 3 heteroatoms. The highest BCUT2D eigenvalue weighted by Crippen LogP contribution is 2.20. The summed E-state index contributed by atoms with van der Waals surface area (Å²) in [6.45, 7) is 4.86. The highest BCUT2D eigenvalue weighted by atomic mass is 35.5. The third kappa shape index (κ3) is 2.12. The minimum absolute atomic E-state index is 0.737. The Morgan fingerprint density at radius 2 is 1.94 bits per heavy atom. The Morgan fingerprint density at radius 1 is 1.25 bits per heavy atom. The van der Waals surface area contributed by atoms with Crippen LogP contribution in [0.1, 0.15) is 23.7 Å². The molecule has 0 saturated carbocycles. The summed E-state index contributed by atoms with van der Waals surface area (Å²) in [6.07, 6.45) is 0.924. The zero-order chi connectivity index (χ0) is 11.5. The van der Waals surface area contributed by atoms with Crippen LogP contribution in [0.4, 0.5) is 0 Å². The zero-order valence-electron chi connectivity index (χ0n) is 9.57. The van der Waals surface area contributed by atoms with Crippen LogP contribution in [0.15, 0.2) is 30.3 Å². The first-order chi connectivity index (χ1) is 7.72. The Morgan fingerprint density at radius 3 is 2.50 bits per heavy atom. The Bertz CT molecular complexity index is 474. The van der Waals surface area contributed by atoms with Gasteiger partial charge >= 0.3 is 0 Å². The van der Waals surface area contributed by atoms with Crippen LogP contribution in [0.2, 0.25) is 5.15 Å². The molecule has 0 radical (unpaired) electrons. The molecule has 2 nitrogen and oxygen atoms in total. The van der Waals surface area contributed by atoms with Gasteiger partial charge in [-0.1, -0.05) is 48.9 Å². The van der Waals surface area contributed by atoms with Gasteiger partial charge in [-0.15, -0.1) is 0 Å². The summed E-state index contributed by atoms with van der Waals surface area (Å²) in [6, 6.07) is 10.2. The number of aromatic nitrogens is 2. The van der Waals surface area contributed by atoms with E-state index in [2.05, 4.69) is 24.2 Å². The number of nitrogens with zero attached hydrogens (tertiary/aromatic N) is 2. The number of rotatable bonds is 3. The van der Waals surface area contributed by atoms with E-state index in [0.29, 0.717) is 0 Å². The zero-order valence-corrected chi connectivity index (χ0v) is 10.3. The van der Waals surface area contributed by atoms with E-state index in [1.807, 2.05) is 29.8 Å². The van der Waals surface area contributed by atoms with Crippen molar-refractivity contribution in [3.63, 3.8) is 0 Å². The molecule has 1 aromatic carbocycles. The molecule has 0 atom stereocenters. The lowest BCUT2D eigenvalue weighted by Crippen LogP contribution is -2.02. The summed E-state index contributed by atoms with van der Waals surface area (Å²) < 4.78 is 1.87. The van der Waals surface area contributed by atoms with Crippen LogP contribution in [0.5, 0.6) is 0 Å². The van der Waals surface area contributed by atoms with Crippen LogP contribution >= 0.6 is 11.6 Å². The molecule has 0 bridgehead atoms. The molecule has 0 aliphatic carbocycles. The summed E-state index contributed by atoms with van der Waals surface area (Å²) in [4.78, 5) is 0. The fourth-order valence-corrected chi connectivity index (χ4v) is 1.98. The molecule has 2 aromatic rings. The molecule has 0 aliphatic heterocycles. The summed E-state index contributed by atoms with van der Waals surface area (Å²) in [5.41, 5.74) is 3.40. The molecule has 0 amide bonds. The first-order valence-electron chi connectivity index (χ1n) is 5.48. The maximum atomic E-state index is 6.24. The molecule has 0 saturated heterocycles. The summed E-state index contributed by atoms with van der Waals surface area (Å²) in [5, 5.41) is 5.26. The van der Waals surface area contributed by atoms with Gasteiger partial charge in [-0.25, -0.2) is 4.68 Å². The molecule has 84 valence electrons. The van der Waals surface area contributed by atoms with Crippen molar-refractivity contribution < 1.29 is 0 Å². The fourth-order valence-electron chi connectivity index (χ4n) is 1.77. The monoisotopic (exact) mass is 234 g/mol. The Kier molecular flexibility index (Phi) is 3.30. The quantitative estimate of drug-likeness (QED) is 0.796. The van der Waals surface area contributed by atoms with Crippen molar-refractivity contribution in [2.45, 2.75) is 26.8 Å². The van der Waals surface area contributed by atoms with Gasteiger partial charge in [0.25, 0.3) is 0 Å². The number of hydrogen-bond acceptors (Lipinski definition) is 1. The van der Waals surface area contributed by atoms with E-state index in [0.717, 1.165) is 29.4 Å². The van der Waals surface area contributed by atoms with E-state index in [9.17, 15) is 0 Å². The van der Waals surface area contributed by atoms with Gasteiger partial charge in [0.05, 0.1) is 12.2 Å². The highest BCUT2D eigenvalue weighted by Gasteiger charge is 2.10. The SMILES string of the molecule is CCc1nn(Cc2ccccc2)c(Cl)c1C. The Balaban J connectivity index is 2.29. The van der Waals surface area contributed by atoms with E-state index in [-0.39, 0.29) is 0 Å². The van der Waals surface area contributed by atoms with Gasteiger partial charge in [0.1, 0.15) is 5.15 Å². The smallest absolute Gasteiger partial charge is 0.130 e. The average molecular weight is 235 g/mol. The van der Waals surface area contributed by atoms with Crippen molar-refractivity contribution in [1.82, 2.24) is 9.78 Å². The van der Waals surface area contributed by atoms with Crippen LogP contribution in [0, 0.1) is 6.92 Å². The van der Waals surface area contributed by atoms with E-state index >= 15 is 0 Å². The standard InChI is InChI=1S/C13H15ClN2/c1-3-12-10(2)13(14)16(15-12)9-11-7-5-4-6-8-11/h4-8H,3,9H2,1-2H3. The summed E-state index contributed by atoms with van der Waals surface area (Å²) in [5.74, 6) is 0. The molecule has 1 aromatic heterocycles. The third-order valence-electron chi connectivity index (χ3n) is 2.72. The first kappa shape index (κ1) is 11.2. The molecule has 0 spiro atoms. The molecule has 0 aliphatic rings. The summed E-state index contributed by atoms with van der Waals surface area (Å²) in [7, 11) is 0. The molecule has 16 heavy (non-hydrogen) atoms. The van der Waals surface area contributed by atoms with Crippen LogP contribution < -0.4 is 0 Å². The third-order valence-corrected chi connectivity index (χ3v) is 3.20. The average Bonchev–Trinajstić information content (AvgIpc) is 2.58. The van der Waals surface area contributed by atoms with Gasteiger partial charge < -0.3 is 0 Å². The minimum Gasteiger partial charge on any atom is -0.249 e. The first-order valence-corrected chi connectivity index (χ1v) is 5.86. The number of aryl methyl sites for hydroxylation is 1. The van der Waals surface area contributed by atoms with Gasteiger partial charge in [0, 0.05) is 5.56 Å². The predicted molar refractivity (Wildman–Crippen MR) is 66.9 cm³/mol. The molecular formula is C13H15ClN2. The second-order valence-corrected chi connectivity index (χ2v) is 4.22. The number of benzene rings is 1. The van der Waals surface area contributed by atoms with Crippen LogP contribution in [-0.2, 0) is 13.0 Å².